The second kappa shape index (κ2) is 21.6. The van der Waals surface area contributed by atoms with E-state index < -0.39 is 13.3 Å². The van der Waals surface area contributed by atoms with Crippen molar-refractivity contribution < 1.29 is 24.5 Å². The summed E-state index contributed by atoms with van der Waals surface area (Å²) in [5.74, 6) is 9.48. The van der Waals surface area contributed by atoms with Crippen molar-refractivity contribution in [3.05, 3.63) is 204 Å². The van der Waals surface area contributed by atoms with Crippen LogP contribution in [0.15, 0.2) is 168 Å². The molecule has 73 heavy (non-hydrogen) atoms. The van der Waals surface area contributed by atoms with Crippen molar-refractivity contribution in [2.75, 3.05) is 0 Å². The number of aryl methyl sites for hydroxylation is 1. The molecule has 0 atom stereocenters. The van der Waals surface area contributed by atoms with Crippen LogP contribution in [0.1, 0.15) is 81.2 Å². The maximum atomic E-state index is 6.71. The van der Waals surface area contributed by atoms with Gasteiger partial charge in [0.05, 0.1) is 28.1 Å². The number of imidazole rings is 1. The molecule has 0 aliphatic heterocycles. The number of rotatable bonds is 11. The fourth-order valence-electron chi connectivity index (χ4n) is 10.3. The third-order valence-corrected chi connectivity index (χ3v) is 18.3. The quantitative estimate of drug-likeness (QED) is 0.0957. The molecule has 5 nitrogen and oxygen atoms in total. The number of fused-ring (bicyclic) bond motifs is 5. The molecule has 0 saturated heterocycles. The second-order valence-corrected chi connectivity index (χ2v) is 32.0. The molecule has 7 aromatic carbocycles. The maximum absolute atomic E-state index is 6.71. The molecule has 0 unspecified atom stereocenters. The van der Waals surface area contributed by atoms with Gasteiger partial charge in [-0.3, -0.25) is 4.98 Å². The Morgan fingerprint density at radius 1 is 0.644 bits per heavy atom. The first-order valence-corrected chi connectivity index (χ1v) is 32.9. The van der Waals surface area contributed by atoms with Gasteiger partial charge in [0.1, 0.15) is 0 Å². The maximum Gasteiger partial charge on any atom is 0.216 e. The number of nitrogens with zero attached hydrogens (tertiary/aromatic N) is 4. The smallest absolute Gasteiger partial charge is 0.216 e. The third-order valence-electron chi connectivity index (χ3n) is 13.9. The molecule has 1 radical (unpaired) electrons. The first kappa shape index (κ1) is 51.5. The van der Waals surface area contributed by atoms with E-state index in [4.69, 9.17) is 19.4 Å². The molecule has 0 aliphatic rings. The number of pyridine rings is 2. The summed E-state index contributed by atoms with van der Waals surface area (Å²) in [6, 6.07) is 62.5. The van der Waals surface area contributed by atoms with Gasteiger partial charge in [-0.05, 0) is 80.8 Å². The minimum absolute atomic E-state index is 0. The van der Waals surface area contributed by atoms with Gasteiger partial charge in [-0.15, -0.1) is 17.7 Å². The summed E-state index contributed by atoms with van der Waals surface area (Å²) in [4.78, 5) is 15.0. The standard InChI is InChI=1S/C48H40N3O.C18H24GeN.Ir/c1-29(2)39-26-36(35-21-20-32-13-9-10-16-34(32)25-35)27-40(30(3)4)41(39)28-51-44-18-12-11-17-43(44)49-47(51)38-22-19-31(5)45-37-23-24-42(33-14-7-6-8-15-33)50-48(37)52-46(38)45;1-14(2)11-16-12-18(15-9-7-6-8-10-15)20-13-17(16)19(3,4)5;/h6-21,23-27,29-30H,28H2,1-5H3;6-9,12-14H,11H2,1-5H3;/q2*-1;. The van der Waals surface area contributed by atoms with Crippen LogP contribution in [0, 0.1) is 25.0 Å². The van der Waals surface area contributed by atoms with Crippen molar-refractivity contribution in [2.24, 2.45) is 5.92 Å². The van der Waals surface area contributed by atoms with E-state index in [1.807, 2.05) is 36.4 Å². The number of aromatic nitrogens is 4. The molecule has 0 bridgehead atoms. The van der Waals surface area contributed by atoms with Gasteiger partial charge in [-0.25, -0.2) is 4.98 Å². The van der Waals surface area contributed by atoms with Crippen LogP contribution in [0.25, 0.3) is 88.9 Å². The monoisotopic (exact) mass is 1200 g/mol. The minimum Gasteiger partial charge on any atom is -0.486 e. The Hall–Kier alpha value is -6.44. The van der Waals surface area contributed by atoms with Crippen LogP contribution in [0.4, 0.5) is 0 Å². The molecule has 11 aromatic rings. The number of para-hydroxylation sites is 2. The molecule has 0 spiro atoms. The first-order valence-electron chi connectivity index (χ1n) is 25.6. The topological polar surface area (TPSA) is 56.7 Å². The first-order chi connectivity index (χ1) is 34.7. The molecule has 7 heteroatoms. The van der Waals surface area contributed by atoms with Gasteiger partial charge >= 0.3 is 126 Å². The van der Waals surface area contributed by atoms with Gasteiger partial charge in [-0.2, -0.15) is 0 Å². The molecule has 0 aliphatic carbocycles. The Balaban J connectivity index is 0.000000264. The summed E-state index contributed by atoms with van der Waals surface area (Å²) in [5, 5.41) is 4.57. The molecule has 4 heterocycles. The Kier molecular flexibility index (Phi) is 15.2. The number of hydrogen-bond acceptors (Lipinski definition) is 4. The molecular formula is C66H64GeIrN4O-2. The molecule has 0 N–H and O–H groups in total. The summed E-state index contributed by atoms with van der Waals surface area (Å²) >= 11 is -1.86. The van der Waals surface area contributed by atoms with E-state index in [1.54, 1.807) is 4.40 Å². The largest absolute Gasteiger partial charge is 0.486 e. The molecule has 4 aromatic heterocycles. The molecule has 11 rings (SSSR count). The van der Waals surface area contributed by atoms with Crippen molar-refractivity contribution in [1.82, 2.24) is 19.5 Å². The molecule has 0 amide bonds. The van der Waals surface area contributed by atoms with Gasteiger partial charge in [0, 0.05) is 37.6 Å². The van der Waals surface area contributed by atoms with Gasteiger partial charge in [0.2, 0.25) is 5.71 Å². The van der Waals surface area contributed by atoms with E-state index in [0.29, 0.717) is 30.0 Å². The van der Waals surface area contributed by atoms with Crippen LogP contribution in [0.3, 0.4) is 0 Å². The van der Waals surface area contributed by atoms with Crippen LogP contribution in [0.2, 0.25) is 17.3 Å². The van der Waals surface area contributed by atoms with E-state index in [1.165, 1.54) is 44.2 Å². The Morgan fingerprint density at radius 3 is 2.04 bits per heavy atom. The predicted octanol–water partition coefficient (Wildman–Crippen LogP) is 17.2. The van der Waals surface area contributed by atoms with Gasteiger partial charge in [-0.1, -0.05) is 137 Å². The SMILES string of the molecule is CC(C)Cc1cc(-c2[c-]cccc2)nc[c]1[Ge]([CH3])([CH3])[CH3].Cc1c[c-]c(-c2nc3ccccc3n2Cc2c(C(C)C)cc(-c3ccc4ccccc4c3)cc2C(C)C)c2oc3nc(-c4ccccc4)ccc3c12.[Ir]. The Labute approximate surface area is 447 Å². The average Bonchev–Trinajstić information content (AvgIpc) is 3.95. The summed E-state index contributed by atoms with van der Waals surface area (Å²) in [6.07, 6.45) is 3.27. The van der Waals surface area contributed by atoms with Crippen LogP contribution in [-0.2, 0) is 33.1 Å². The summed E-state index contributed by atoms with van der Waals surface area (Å²) < 4.78 is 10.6. The van der Waals surface area contributed by atoms with Crippen molar-refractivity contribution in [2.45, 2.75) is 90.5 Å². The fraction of sp³-hybridized carbons (Fsp3) is 0.227. The fourth-order valence-corrected chi connectivity index (χ4v) is 13.7. The Morgan fingerprint density at radius 2 is 1.34 bits per heavy atom. The van der Waals surface area contributed by atoms with Crippen molar-refractivity contribution in [3.63, 3.8) is 0 Å². The minimum atomic E-state index is -1.86. The molecular weight excluding hydrogens is 1130 g/mol. The zero-order valence-electron chi connectivity index (χ0n) is 43.8. The number of benzene rings is 7. The van der Waals surface area contributed by atoms with Gasteiger partial charge in [0.15, 0.2) is 0 Å². The van der Waals surface area contributed by atoms with E-state index in [-0.39, 0.29) is 20.1 Å². The summed E-state index contributed by atoms with van der Waals surface area (Å²) in [7, 11) is 0. The summed E-state index contributed by atoms with van der Waals surface area (Å²) in [6.45, 7) is 16.6. The molecule has 0 saturated carbocycles. The summed E-state index contributed by atoms with van der Waals surface area (Å²) in [5.41, 5.74) is 17.5. The number of hydrogen-bond donors (Lipinski definition) is 0. The van der Waals surface area contributed by atoms with Gasteiger partial charge in [0.25, 0.3) is 0 Å². The molecule has 369 valence electrons. The van der Waals surface area contributed by atoms with Crippen molar-refractivity contribution in [1.29, 1.82) is 0 Å². The van der Waals surface area contributed by atoms with Crippen molar-refractivity contribution >= 4 is 61.5 Å². The molecule has 0 fully saturated rings. The zero-order valence-corrected chi connectivity index (χ0v) is 48.3. The zero-order chi connectivity index (χ0) is 50.3. The Bertz CT molecular complexity index is 3700. The van der Waals surface area contributed by atoms with Gasteiger partial charge < -0.3 is 8.98 Å². The average molecular weight is 1190 g/mol. The predicted molar refractivity (Wildman–Crippen MR) is 306 cm³/mol. The second-order valence-electron chi connectivity index (χ2n) is 21.4. The number of furan rings is 1. The van der Waals surface area contributed by atoms with E-state index in [9.17, 15) is 0 Å². The normalized spacial score (nSPS) is 11.8. The van der Waals surface area contributed by atoms with Crippen molar-refractivity contribution in [3.8, 4) is 45.0 Å². The van der Waals surface area contributed by atoms with E-state index in [0.717, 1.165) is 73.3 Å². The van der Waals surface area contributed by atoms with Crippen LogP contribution in [-0.4, -0.2) is 32.8 Å². The van der Waals surface area contributed by atoms with E-state index in [2.05, 4.69) is 210 Å². The van der Waals surface area contributed by atoms with Crippen LogP contribution in [0.5, 0.6) is 0 Å². The van der Waals surface area contributed by atoms with E-state index >= 15 is 0 Å². The van der Waals surface area contributed by atoms with Crippen LogP contribution >= 0.6 is 0 Å². The van der Waals surface area contributed by atoms with Crippen LogP contribution < -0.4 is 4.40 Å². The third kappa shape index (κ3) is 10.7.